The summed E-state index contributed by atoms with van der Waals surface area (Å²) in [5, 5.41) is 2.37. The van der Waals surface area contributed by atoms with Crippen molar-refractivity contribution in [3.63, 3.8) is 0 Å². The van der Waals surface area contributed by atoms with Gasteiger partial charge in [-0.1, -0.05) is 19.9 Å². The molecule has 0 aromatic heterocycles. The average molecular weight is 469 g/mol. The van der Waals surface area contributed by atoms with Gasteiger partial charge in [-0.25, -0.2) is 19.3 Å². The zero-order chi connectivity index (χ0) is 25.8. The van der Waals surface area contributed by atoms with E-state index in [0.717, 1.165) is 11.0 Å². The Bertz CT molecular complexity index is 819. The summed E-state index contributed by atoms with van der Waals surface area (Å²) in [6, 6.07) is -1.18. The number of Topliss-reactive ketones (excluding diaryl/α,β-unsaturated/α-hetero) is 1. The fourth-order valence-electron chi connectivity index (χ4n) is 3.27. The summed E-state index contributed by atoms with van der Waals surface area (Å²) in [5.41, 5.74) is -3.98. The highest BCUT2D eigenvalue weighted by molar-refractivity contribution is 6.24. The van der Waals surface area contributed by atoms with Gasteiger partial charge in [-0.3, -0.25) is 14.9 Å². The Kier molecular flexibility index (Phi) is 8.82. The first-order chi connectivity index (χ1) is 14.9. The third kappa shape index (κ3) is 7.30. The molecule has 0 saturated carbocycles. The first-order valence-electron chi connectivity index (χ1n) is 10.9. The molecule has 3 amide bonds. The molecule has 1 aliphatic rings. The number of likely N-dealkylation sites (tertiary alicyclic amines) is 1. The highest BCUT2D eigenvalue weighted by Gasteiger charge is 2.63. The molecule has 186 valence electrons. The van der Waals surface area contributed by atoms with Crippen LogP contribution in [0.25, 0.3) is 0 Å². The molecule has 10 nitrogen and oxygen atoms in total. The molecule has 0 aliphatic carbocycles. The van der Waals surface area contributed by atoms with Crippen LogP contribution in [0.4, 0.5) is 9.59 Å². The molecule has 1 saturated heterocycles. The number of hydrogen-bond donors (Lipinski definition) is 1. The normalized spacial score (nSPS) is 21.5. The quantitative estimate of drug-likeness (QED) is 0.272. The number of carbonyl (C=O) groups excluding carboxylic acids is 5. The van der Waals surface area contributed by atoms with E-state index in [4.69, 9.17) is 14.2 Å². The predicted octanol–water partition coefficient (Wildman–Crippen LogP) is 3.13. The van der Waals surface area contributed by atoms with Crippen LogP contribution in [0.2, 0.25) is 0 Å². The zero-order valence-electron chi connectivity index (χ0n) is 20.9. The van der Waals surface area contributed by atoms with E-state index in [1.807, 2.05) is 0 Å². The number of nitrogens with one attached hydrogen (secondary N) is 1. The highest BCUT2D eigenvalue weighted by atomic mass is 16.6. The van der Waals surface area contributed by atoms with E-state index < -0.39 is 58.5 Å². The number of rotatable bonds is 6. The van der Waals surface area contributed by atoms with Crippen LogP contribution in [0.3, 0.4) is 0 Å². The van der Waals surface area contributed by atoms with Crippen molar-refractivity contribution < 1.29 is 38.2 Å². The Balaban J connectivity index is 3.48. The minimum absolute atomic E-state index is 0.143. The third-order valence-electron chi connectivity index (χ3n) is 4.45. The van der Waals surface area contributed by atoms with Crippen molar-refractivity contribution in [1.29, 1.82) is 0 Å². The van der Waals surface area contributed by atoms with Gasteiger partial charge in [-0.15, -0.1) is 0 Å². The van der Waals surface area contributed by atoms with E-state index in [9.17, 15) is 24.0 Å². The monoisotopic (exact) mass is 468 g/mol. The van der Waals surface area contributed by atoms with E-state index >= 15 is 0 Å². The van der Waals surface area contributed by atoms with Gasteiger partial charge in [0.25, 0.3) is 5.91 Å². The van der Waals surface area contributed by atoms with Crippen LogP contribution in [-0.2, 0) is 28.6 Å². The molecule has 0 aromatic carbocycles. The van der Waals surface area contributed by atoms with Gasteiger partial charge in [-0.05, 0) is 54.4 Å². The minimum atomic E-state index is -2.16. The van der Waals surface area contributed by atoms with Crippen LogP contribution in [0.1, 0.15) is 68.7 Å². The average Bonchev–Trinajstić information content (AvgIpc) is 2.81. The number of ketones is 1. The van der Waals surface area contributed by atoms with Crippen molar-refractivity contribution in [3.05, 3.63) is 12.2 Å². The van der Waals surface area contributed by atoms with Gasteiger partial charge in [0, 0.05) is 12.5 Å². The minimum Gasteiger partial charge on any atom is -0.463 e. The topological polar surface area (TPSA) is 128 Å². The molecule has 0 unspecified atom stereocenters. The van der Waals surface area contributed by atoms with Crippen molar-refractivity contribution in [1.82, 2.24) is 10.2 Å². The summed E-state index contributed by atoms with van der Waals surface area (Å²) in [5.74, 6) is -2.80. The summed E-state index contributed by atoms with van der Waals surface area (Å²) in [7, 11) is 0. The van der Waals surface area contributed by atoms with Gasteiger partial charge in [-0.2, -0.15) is 0 Å². The number of hydrogen-bond acceptors (Lipinski definition) is 8. The smallest absolute Gasteiger partial charge is 0.417 e. The standard InChI is InChI=1S/C23H36N2O8/c1-10-31-15(26)12-11-13-23(24-19(29)32-21(4,5)6)17(27)16(14(2)3)25(18(23)28)20(30)33-22(7,8)9/h11-12,14,16H,10,13H2,1-9H3,(H,24,29)/b12-11+/t16-,23-/m0/s1. The Morgan fingerprint density at radius 3 is 2.06 bits per heavy atom. The molecular weight excluding hydrogens is 432 g/mol. The summed E-state index contributed by atoms with van der Waals surface area (Å²) in [6.45, 7) is 14.9. The Morgan fingerprint density at radius 1 is 1.06 bits per heavy atom. The molecule has 1 rings (SSSR count). The van der Waals surface area contributed by atoms with Gasteiger partial charge in [0.2, 0.25) is 0 Å². The molecule has 1 N–H and O–H groups in total. The lowest BCUT2D eigenvalue weighted by Crippen LogP contribution is -2.59. The second-order valence-electron chi connectivity index (χ2n) is 10.1. The van der Waals surface area contributed by atoms with Crippen LogP contribution in [0.5, 0.6) is 0 Å². The number of imide groups is 1. The lowest BCUT2D eigenvalue weighted by Gasteiger charge is -2.29. The Hall–Kier alpha value is -2.91. The second-order valence-corrected chi connectivity index (χ2v) is 10.1. The van der Waals surface area contributed by atoms with E-state index in [2.05, 4.69) is 5.32 Å². The van der Waals surface area contributed by atoms with Crippen molar-refractivity contribution in [2.24, 2.45) is 5.92 Å². The van der Waals surface area contributed by atoms with E-state index in [1.54, 1.807) is 62.3 Å². The summed E-state index contributed by atoms with van der Waals surface area (Å²) in [4.78, 5) is 65.1. The predicted molar refractivity (Wildman–Crippen MR) is 119 cm³/mol. The van der Waals surface area contributed by atoms with Gasteiger partial charge in [0.1, 0.15) is 17.2 Å². The lowest BCUT2D eigenvalue weighted by atomic mass is 9.86. The fourth-order valence-corrected chi connectivity index (χ4v) is 3.27. The van der Waals surface area contributed by atoms with Crippen molar-refractivity contribution >= 4 is 29.8 Å². The SMILES string of the molecule is CCOC(=O)/C=C/C[C@]1(NC(=O)OC(C)(C)C)C(=O)[C@H](C(C)C)N(C(=O)OC(C)(C)C)C1=O. The summed E-state index contributed by atoms with van der Waals surface area (Å²) in [6.07, 6.45) is -0.0841. The Labute approximate surface area is 195 Å². The number of esters is 1. The number of carbonyl (C=O) groups is 5. The molecular formula is C23H36N2O8. The highest BCUT2D eigenvalue weighted by Crippen LogP contribution is 2.34. The van der Waals surface area contributed by atoms with Gasteiger partial charge in [0.15, 0.2) is 11.3 Å². The molecule has 0 bridgehead atoms. The molecule has 1 fully saturated rings. The van der Waals surface area contributed by atoms with E-state index in [1.165, 1.54) is 6.08 Å². The number of nitrogens with zero attached hydrogens (tertiary/aromatic N) is 1. The van der Waals surface area contributed by atoms with E-state index in [-0.39, 0.29) is 13.0 Å². The molecule has 10 heteroatoms. The van der Waals surface area contributed by atoms with Crippen molar-refractivity contribution in [2.75, 3.05) is 6.61 Å². The van der Waals surface area contributed by atoms with Crippen LogP contribution >= 0.6 is 0 Å². The number of amides is 3. The molecule has 0 radical (unpaired) electrons. The van der Waals surface area contributed by atoms with Gasteiger partial charge >= 0.3 is 18.2 Å². The molecule has 0 spiro atoms. The van der Waals surface area contributed by atoms with Crippen LogP contribution < -0.4 is 5.32 Å². The largest absolute Gasteiger partial charge is 0.463 e. The molecule has 0 aromatic rings. The first kappa shape index (κ1) is 28.1. The van der Waals surface area contributed by atoms with Crippen LogP contribution in [0, 0.1) is 5.92 Å². The summed E-state index contributed by atoms with van der Waals surface area (Å²) < 4.78 is 15.4. The maximum atomic E-state index is 13.6. The molecule has 2 atom stereocenters. The molecule has 1 heterocycles. The van der Waals surface area contributed by atoms with Gasteiger partial charge in [0.05, 0.1) is 6.61 Å². The zero-order valence-corrected chi connectivity index (χ0v) is 20.9. The second kappa shape index (κ2) is 10.4. The first-order valence-corrected chi connectivity index (χ1v) is 10.9. The number of ether oxygens (including phenoxy) is 3. The Morgan fingerprint density at radius 2 is 1.61 bits per heavy atom. The van der Waals surface area contributed by atoms with Crippen LogP contribution in [-0.4, -0.2) is 64.1 Å². The maximum absolute atomic E-state index is 13.6. The number of alkyl carbamates (subject to hydrolysis) is 1. The van der Waals surface area contributed by atoms with Crippen molar-refractivity contribution in [2.45, 2.75) is 91.5 Å². The summed E-state index contributed by atoms with van der Waals surface area (Å²) >= 11 is 0. The molecule has 1 aliphatic heterocycles. The fraction of sp³-hybridized carbons (Fsp3) is 0.696. The van der Waals surface area contributed by atoms with Crippen molar-refractivity contribution in [3.8, 4) is 0 Å². The third-order valence-corrected chi connectivity index (χ3v) is 4.45. The lowest BCUT2D eigenvalue weighted by molar-refractivity contribution is -0.138. The molecule has 33 heavy (non-hydrogen) atoms. The maximum Gasteiger partial charge on any atom is 0.417 e. The van der Waals surface area contributed by atoms with E-state index in [0.29, 0.717) is 0 Å². The van der Waals surface area contributed by atoms with Crippen LogP contribution in [0.15, 0.2) is 12.2 Å². The van der Waals surface area contributed by atoms with Gasteiger partial charge < -0.3 is 14.2 Å².